The van der Waals surface area contributed by atoms with Crippen LogP contribution >= 0.6 is 22.6 Å². The molecule has 0 fully saturated rings. The standard InChI is InChI=1S/C19H18F4INO3/c1-27-16-10-15(24)17(28-2)9-13(16)6-7-25(18(26)19(21,22)23)11-12-4-3-5-14(20)8-12/h3-5,8-10H,6-7,11H2,1-2H3. The molecule has 2 aromatic rings. The maximum absolute atomic E-state index is 13.4. The van der Waals surface area contributed by atoms with Crippen LogP contribution in [0.4, 0.5) is 17.6 Å². The van der Waals surface area contributed by atoms with Gasteiger partial charge in [-0.2, -0.15) is 13.2 Å². The summed E-state index contributed by atoms with van der Waals surface area (Å²) in [7, 11) is 2.93. The second-order valence-corrected chi connectivity index (χ2v) is 7.07. The smallest absolute Gasteiger partial charge is 0.471 e. The molecule has 0 radical (unpaired) electrons. The summed E-state index contributed by atoms with van der Waals surface area (Å²) in [6.45, 7) is -0.588. The van der Waals surface area contributed by atoms with Crippen LogP contribution in [0, 0.1) is 9.39 Å². The van der Waals surface area contributed by atoms with Gasteiger partial charge in [-0.05, 0) is 64.4 Å². The fourth-order valence-corrected chi connectivity index (χ4v) is 3.32. The number of amides is 1. The Morgan fingerprint density at radius 2 is 1.79 bits per heavy atom. The first kappa shape index (κ1) is 22.3. The largest absolute Gasteiger partial charge is 0.496 e. The number of carbonyl (C=O) groups excluding carboxylic acids is 1. The van der Waals surface area contributed by atoms with Gasteiger partial charge in [0.25, 0.3) is 0 Å². The van der Waals surface area contributed by atoms with Gasteiger partial charge in [0.15, 0.2) is 0 Å². The highest BCUT2D eigenvalue weighted by molar-refractivity contribution is 14.1. The molecule has 0 heterocycles. The van der Waals surface area contributed by atoms with Crippen LogP contribution in [0.15, 0.2) is 36.4 Å². The highest BCUT2D eigenvalue weighted by Crippen LogP contribution is 2.31. The van der Waals surface area contributed by atoms with Gasteiger partial charge in [-0.3, -0.25) is 4.79 Å². The zero-order chi connectivity index (χ0) is 20.9. The van der Waals surface area contributed by atoms with Crippen LogP contribution in [0.3, 0.4) is 0 Å². The summed E-state index contributed by atoms with van der Waals surface area (Å²) in [6, 6.07) is 8.51. The molecule has 0 spiro atoms. The fraction of sp³-hybridized carbons (Fsp3) is 0.316. The van der Waals surface area contributed by atoms with Crippen molar-refractivity contribution in [1.29, 1.82) is 0 Å². The summed E-state index contributed by atoms with van der Waals surface area (Å²) >= 11 is 2.05. The Balaban J connectivity index is 2.27. The summed E-state index contributed by atoms with van der Waals surface area (Å²) in [5, 5.41) is 0. The first-order valence-electron chi connectivity index (χ1n) is 8.16. The molecule has 0 bridgehead atoms. The molecule has 2 rings (SSSR count). The Bertz CT molecular complexity index is 842. The van der Waals surface area contributed by atoms with Crippen LogP contribution < -0.4 is 9.47 Å². The molecule has 0 aliphatic rings. The van der Waals surface area contributed by atoms with E-state index in [-0.39, 0.29) is 25.1 Å². The number of methoxy groups -OCH3 is 2. The van der Waals surface area contributed by atoms with E-state index in [0.29, 0.717) is 22.0 Å². The van der Waals surface area contributed by atoms with Gasteiger partial charge < -0.3 is 14.4 Å². The number of hydrogen-bond donors (Lipinski definition) is 0. The molecule has 0 aromatic heterocycles. The van der Waals surface area contributed by atoms with Gasteiger partial charge in [-0.1, -0.05) is 12.1 Å². The summed E-state index contributed by atoms with van der Waals surface area (Å²) in [5.74, 6) is -1.53. The van der Waals surface area contributed by atoms with Gasteiger partial charge in [-0.15, -0.1) is 0 Å². The van der Waals surface area contributed by atoms with Gasteiger partial charge in [0.1, 0.15) is 17.3 Å². The summed E-state index contributed by atoms with van der Waals surface area (Å²) in [5.41, 5.74) is 0.865. The van der Waals surface area contributed by atoms with Crippen molar-refractivity contribution in [2.24, 2.45) is 0 Å². The van der Waals surface area contributed by atoms with E-state index in [9.17, 15) is 22.4 Å². The number of halogens is 5. The predicted octanol–water partition coefficient (Wildman–Crippen LogP) is 4.58. The van der Waals surface area contributed by atoms with Crippen molar-refractivity contribution in [1.82, 2.24) is 4.90 Å². The van der Waals surface area contributed by atoms with Crippen LogP contribution in [-0.4, -0.2) is 37.7 Å². The lowest BCUT2D eigenvalue weighted by Gasteiger charge is -2.24. The van der Waals surface area contributed by atoms with Crippen molar-refractivity contribution in [2.75, 3.05) is 20.8 Å². The molecule has 9 heteroatoms. The molecule has 4 nitrogen and oxygen atoms in total. The average Bonchev–Trinajstić information content (AvgIpc) is 2.64. The molecule has 152 valence electrons. The highest BCUT2D eigenvalue weighted by Gasteiger charge is 2.42. The van der Waals surface area contributed by atoms with E-state index in [0.717, 1.165) is 9.64 Å². The molecule has 1 amide bonds. The first-order valence-corrected chi connectivity index (χ1v) is 9.24. The van der Waals surface area contributed by atoms with Gasteiger partial charge in [0, 0.05) is 13.1 Å². The van der Waals surface area contributed by atoms with Gasteiger partial charge in [0.2, 0.25) is 0 Å². The third-order valence-corrected chi connectivity index (χ3v) is 4.84. The van der Waals surface area contributed by atoms with E-state index >= 15 is 0 Å². The number of carbonyl (C=O) groups is 1. The third-order valence-electron chi connectivity index (χ3n) is 4.00. The second kappa shape index (κ2) is 9.44. The molecule has 0 aliphatic heterocycles. The maximum Gasteiger partial charge on any atom is 0.471 e. The lowest BCUT2D eigenvalue weighted by molar-refractivity contribution is -0.186. The van der Waals surface area contributed by atoms with Gasteiger partial charge >= 0.3 is 12.1 Å². The van der Waals surface area contributed by atoms with Crippen molar-refractivity contribution in [3.05, 3.63) is 56.9 Å². The van der Waals surface area contributed by atoms with Gasteiger partial charge in [-0.25, -0.2) is 4.39 Å². The third kappa shape index (κ3) is 5.73. The topological polar surface area (TPSA) is 38.8 Å². The maximum atomic E-state index is 13.4. The molecular weight excluding hydrogens is 493 g/mol. The molecule has 0 aliphatic carbocycles. The molecular formula is C19H18F4INO3. The van der Waals surface area contributed by atoms with Crippen LogP contribution in [0.1, 0.15) is 11.1 Å². The van der Waals surface area contributed by atoms with E-state index < -0.39 is 17.9 Å². The van der Waals surface area contributed by atoms with E-state index in [4.69, 9.17) is 9.47 Å². The fourth-order valence-electron chi connectivity index (χ4n) is 2.66. The number of alkyl halides is 3. The minimum atomic E-state index is -5.03. The van der Waals surface area contributed by atoms with Crippen molar-refractivity contribution in [2.45, 2.75) is 19.1 Å². The highest BCUT2D eigenvalue weighted by atomic mass is 127. The van der Waals surface area contributed by atoms with Crippen molar-refractivity contribution in [3.8, 4) is 11.5 Å². The predicted molar refractivity (Wildman–Crippen MR) is 104 cm³/mol. The molecule has 0 saturated heterocycles. The molecule has 0 unspecified atom stereocenters. The summed E-state index contributed by atoms with van der Waals surface area (Å²) in [6.07, 6.45) is -4.92. The Labute approximate surface area is 173 Å². The number of rotatable bonds is 7. The molecule has 0 N–H and O–H groups in total. The van der Waals surface area contributed by atoms with Gasteiger partial charge in [0.05, 0.1) is 17.8 Å². The van der Waals surface area contributed by atoms with Crippen LogP contribution in [0.2, 0.25) is 0 Å². The van der Waals surface area contributed by atoms with E-state index in [1.807, 2.05) is 0 Å². The Hall–Kier alpha value is -2.04. The number of benzene rings is 2. The number of nitrogens with zero attached hydrogens (tertiary/aromatic N) is 1. The zero-order valence-corrected chi connectivity index (χ0v) is 17.3. The quantitative estimate of drug-likeness (QED) is 0.404. The minimum Gasteiger partial charge on any atom is -0.496 e. The average molecular weight is 511 g/mol. The Morgan fingerprint density at radius 1 is 1.11 bits per heavy atom. The molecule has 28 heavy (non-hydrogen) atoms. The molecule has 0 saturated carbocycles. The lowest BCUT2D eigenvalue weighted by Crippen LogP contribution is -2.41. The van der Waals surface area contributed by atoms with Crippen molar-refractivity contribution in [3.63, 3.8) is 0 Å². The SMILES string of the molecule is COc1cc(CCN(Cc2cccc(F)c2)C(=O)C(F)(F)F)c(OC)cc1I. The first-order chi connectivity index (χ1) is 13.2. The van der Waals surface area contributed by atoms with Crippen LogP contribution in [0.5, 0.6) is 11.5 Å². The van der Waals surface area contributed by atoms with E-state index in [2.05, 4.69) is 22.6 Å². The van der Waals surface area contributed by atoms with E-state index in [1.54, 1.807) is 12.1 Å². The normalized spacial score (nSPS) is 11.2. The molecule has 2 aromatic carbocycles. The monoisotopic (exact) mass is 511 g/mol. The number of hydrogen-bond acceptors (Lipinski definition) is 3. The molecule has 0 atom stereocenters. The zero-order valence-electron chi connectivity index (χ0n) is 15.1. The summed E-state index contributed by atoms with van der Waals surface area (Å²) in [4.78, 5) is 12.5. The van der Waals surface area contributed by atoms with Crippen molar-refractivity contribution >= 4 is 28.5 Å². The Kier molecular flexibility index (Phi) is 7.50. The van der Waals surface area contributed by atoms with Crippen LogP contribution in [-0.2, 0) is 17.8 Å². The second-order valence-electron chi connectivity index (χ2n) is 5.90. The van der Waals surface area contributed by atoms with Crippen LogP contribution in [0.25, 0.3) is 0 Å². The minimum absolute atomic E-state index is 0.105. The number of ether oxygens (including phenoxy) is 2. The van der Waals surface area contributed by atoms with Crippen molar-refractivity contribution < 1.29 is 31.8 Å². The lowest BCUT2D eigenvalue weighted by atomic mass is 10.1. The Morgan fingerprint density at radius 3 is 2.36 bits per heavy atom. The summed E-state index contributed by atoms with van der Waals surface area (Å²) < 4.78 is 63.7. The van der Waals surface area contributed by atoms with E-state index in [1.165, 1.54) is 32.4 Å².